The number of halogens is 6. The number of nitrogens with zero attached hydrogens (tertiary/aromatic N) is 6. The van der Waals surface area contributed by atoms with Crippen LogP contribution in [0, 0.1) is 17.1 Å². The molecule has 0 radical (unpaired) electrons. The summed E-state index contributed by atoms with van der Waals surface area (Å²) in [6.07, 6.45) is -4.74. The summed E-state index contributed by atoms with van der Waals surface area (Å²) in [7, 11) is 0. The molecular formula is C38H34F6N8O2S. The Bertz CT molecular complexity index is 2440. The van der Waals surface area contributed by atoms with E-state index in [9.17, 15) is 14.0 Å². The Hall–Kier alpha value is -5.34. The molecule has 2 fully saturated rings. The average molecular weight is 781 g/mol. The number of nitriles is 1. The van der Waals surface area contributed by atoms with Crippen molar-refractivity contribution in [3.05, 3.63) is 70.7 Å². The van der Waals surface area contributed by atoms with Crippen LogP contribution < -0.4 is 25.8 Å². The molecule has 0 saturated carbocycles. The first-order chi connectivity index (χ1) is 26.2. The van der Waals surface area contributed by atoms with Gasteiger partial charge < -0.3 is 25.8 Å². The Kier molecular flexibility index (Phi) is 8.96. The highest BCUT2D eigenvalue weighted by Crippen LogP contribution is 2.54. The molecule has 5 aromatic rings. The van der Waals surface area contributed by atoms with Crippen LogP contribution in [0.15, 0.2) is 48.2 Å². The molecule has 2 saturated heterocycles. The lowest BCUT2D eigenvalue weighted by molar-refractivity contribution is -0.138. The predicted octanol–water partition coefficient (Wildman–Crippen LogP) is 8.09. The number of fused-ring (bicyclic) bond motifs is 2. The highest BCUT2D eigenvalue weighted by molar-refractivity contribution is 7.23. The van der Waals surface area contributed by atoms with Gasteiger partial charge in [0.25, 0.3) is 6.08 Å². The summed E-state index contributed by atoms with van der Waals surface area (Å²) in [5.41, 5.74) is 8.98. The van der Waals surface area contributed by atoms with Gasteiger partial charge in [-0.3, -0.25) is 4.90 Å². The topological polar surface area (TPSA) is 139 Å². The number of benzene rings is 2. The number of hydrogen-bond acceptors (Lipinski definition) is 11. The Labute approximate surface area is 315 Å². The fourth-order valence-corrected chi connectivity index (χ4v) is 9.47. The molecule has 10 nitrogen and oxygen atoms in total. The third-order valence-electron chi connectivity index (χ3n) is 11.0. The lowest BCUT2D eigenvalue weighted by Crippen LogP contribution is -2.46. The molecule has 3 aliphatic heterocycles. The van der Waals surface area contributed by atoms with E-state index in [-0.39, 0.29) is 82.7 Å². The van der Waals surface area contributed by atoms with Gasteiger partial charge in [-0.1, -0.05) is 12.1 Å². The summed E-state index contributed by atoms with van der Waals surface area (Å²) < 4.78 is 105. The normalized spacial score (nSPS) is 21.1. The molecule has 0 spiro atoms. The van der Waals surface area contributed by atoms with E-state index in [0.717, 1.165) is 23.3 Å². The van der Waals surface area contributed by atoms with Crippen molar-refractivity contribution < 1.29 is 35.8 Å². The highest BCUT2D eigenvalue weighted by atomic mass is 32.1. The van der Waals surface area contributed by atoms with Crippen LogP contribution in [-0.4, -0.2) is 63.8 Å². The van der Waals surface area contributed by atoms with Gasteiger partial charge in [0.1, 0.15) is 52.2 Å². The lowest BCUT2D eigenvalue weighted by atomic mass is 9.91. The van der Waals surface area contributed by atoms with Crippen LogP contribution in [0.2, 0.25) is 0 Å². The minimum atomic E-state index is -5.18. The zero-order valence-electron chi connectivity index (χ0n) is 29.6. The molecular weight excluding hydrogens is 747 g/mol. The van der Waals surface area contributed by atoms with Crippen LogP contribution in [0.3, 0.4) is 0 Å². The third-order valence-corrected chi connectivity index (χ3v) is 11.9. The third kappa shape index (κ3) is 6.02. The summed E-state index contributed by atoms with van der Waals surface area (Å²) in [6, 6.07) is 8.70. The van der Waals surface area contributed by atoms with Crippen LogP contribution in [0.1, 0.15) is 49.8 Å². The summed E-state index contributed by atoms with van der Waals surface area (Å²) in [5.74, 6) is -1.82. The molecule has 8 rings (SSSR count). The second-order valence-electron chi connectivity index (χ2n) is 14.1. The van der Waals surface area contributed by atoms with Crippen LogP contribution in [0.25, 0.3) is 32.1 Å². The monoisotopic (exact) mass is 780 g/mol. The van der Waals surface area contributed by atoms with Gasteiger partial charge in [0.15, 0.2) is 5.82 Å². The highest BCUT2D eigenvalue weighted by Gasteiger charge is 2.49. The van der Waals surface area contributed by atoms with Crippen molar-refractivity contribution in [1.82, 2.24) is 19.9 Å². The van der Waals surface area contributed by atoms with Crippen LogP contribution in [-0.2, 0) is 12.6 Å². The van der Waals surface area contributed by atoms with Crippen molar-refractivity contribution >= 4 is 49.0 Å². The summed E-state index contributed by atoms with van der Waals surface area (Å²) >= 11 is 0.998. The molecule has 3 atom stereocenters. The minimum Gasteiger partial charge on any atom is -0.487 e. The quantitative estimate of drug-likeness (QED) is 0.156. The molecule has 17 heteroatoms. The van der Waals surface area contributed by atoms with Crippen molar-refractivity contribution in [3.8, 4) is 29.0 Å². The van der Waals surface area contributed by atoms with Crippen molar-refractivity contribution in [3.63, 3.8) is 0 Å². The van der Waals surface area contributed by atoms with Gasteiger partial charge in [0.2, 0.25) is 0 Å². The van der Waals surface area contributed by atoms with Crippen molar-refractivity contribution in [2.75, 3.05) is 42.6 Å². The maximum atomic E-state index is 17.5. The second-order valence-corrected chi connectivity index (χ2v) is 15.2. The van der Waals surface area contributed by atoms with Crippen molar-refractivity contribution in [1.29, 1.82) is 5.26 Å². The number of nitrogen functional groups attached to an aromatic ring is 2. The molecule has 2 aromatic carbocycles. The van der Waals surface area contributed by atoms with E-state index >= 15 is 17.6 Å². The summed E-state index contributed by atoms with van der Waals surface area (Å²) in [5, 5.41) is 9.84. The smallest absolute Gasteiger partial charge is 0.420 e. The zero-order valence-corrected chi connectivity index (χ0v) is 30.4. The first kappa shape index (κ1) is 36.6. The number of rotatable bonds is 7. The number of anilines is 3. The molecule has 286 valence electrons. The number of pyridine rings is 1. The molecule has 4 N–H and O–H groups in total. The van der Waals surface area contributed by atoms with E-state index in [4.69, 9.17) is 20.9 Å². The number of aromatic nitrogens is 3. The Morgan fingerprint density at radius 2 is 1.98 bits per heavy atom. The number of thiophene rings is 1. The fourth-order valence-electron chi connectivity index (χ4n) is 8.53. The number of alkyl halides is 3. The Balaban J connectivity index is 1.39. The van der Waals surface area contributed by atoms with Gasteiger partial charge in [-0.05, 0) is 75.4 Å². The van der Waals surface area contributed by atoms with E-state index in [1.54, 1.807) is 36.9 Å². The molecule has 3 aliphatic rings. The van der Waals surface area contributed by atoms with Crippen LogP contribution >= 0.6 is 11.3 Å². The fraction of sp³-hybridized carbons (Fsp3) is 0.368. The first-order valence-electron chi connectivity index (χ1n) is 17.6. The number of likely N-dealkylation sites (N-methyl/N-ethyl adjacent to an activating group) is 1. The first-order valence-corrected chi connectivity index (χ1v) is 18.5. The van der Waals surface area contributed by atoms with E-state index < -0.39 is 58.2 Å². The molecule has 55 heavy (non-hydrogen) atoms. The van der Waals surface area contributed by atoms with Gasteiger partial charge in [-0.25, -0.2) is 9.37 Å². The second kappa shape index (κ2) is 13.4. The molecule has 0 bridgehead atoms. The minimum absolute atomic E-state index is 0.0113. The van der Waals surface area contributed by atoms with Crippen LogP contribution in [0.4, 0.5) is 43.0 Å². The van der Waals surface area contributed by atoms with E-state index in [2.05, 4.69) is 15.0 Å². The van der Waals surface area contributed by atoms with Gasteiger partial charge in [0.05, 0.1) is 22.5 Å². The van der Waals surface area contributed by atoms with Gasteiger partial charge in [0, 0.05) is 40.5 Å². The number of hydrogen-bond donors (Lipinski definition) is 2. The molecule has 6 heterocycles. The van der Waals surface area contributed by atoms with Crippen LogP contribution in [0.5, 0.6) is 11.8 Å². The maximum Gasteiger partial charge on any atom is 0.420 e. The van der Waals surface area contributed by atoms with E-state index in [1.807, 2.05) is 11.0 Å². The maximum absolute atomic E-state index is 17.5. The molecule has 2 unspecified atom stereocenters. The number of ether oxygens (including phenoxy) is 2. The zero-order chi connectivity index (χ0) is 39.0. The largest absolute Gasteiger partial charge is 0.487 e. The average Bonchev–Trinajstić information content (AvgIpc) is 3.78. The SMILES string of the molecule is CCN1c2nc(OC[C@@]34CCCN3CC(=C(F)F)C4)nc3c(F)c(-c4cccc5sc(N)c(C#N)c45)c(C(F)(F)F)c(c23)OC(C)C1Cc1ccnc(N)c1. The van der Waals surface area contributed by atoms with Gasteiger partial charge in [-0.15, -0.1) is 11.3 Å². The molecule has 3 aromatic heterocycles. The van der Waals surface area contributed by atoms with Crippen molar-refractivity contribution in [2.24, 2.45) is 0 Å². The van der Waals surface area contributed by atoms with Gasteiger partial charge in [-0.2, -0.15) is 37.2 Å². The predicted molar refractivity (Wildman–Crippen MR) is 197 cm³/mol. The van der Waals surface area contributed by atoms with Gasteiger partial charge >= 0.3 is 12.2 Å². The Morgan fingerprint density at radius 3 is 2.69 bits per heavy atom. The van der Waals surface area contributed by atoms with E-state index in [0.29, 0.717) is 17.7 Å². The van der Waals surface area contributed by atoms with E-state index in [1.165, 1.54) is 18.3 Å². The molecule has 0 aliphatic carbocycles. The molecule has 0 amide bonds. The summed E-state index contributed by atoms with van der Waals surface area (Å²) in [6.45, 7) is 4.16. The summed E-state index contributed by atoms with van der Waals surface area (Å²) in [4.78, 5) is 16.8. The Morgan fingerprint density at radius 1 is 1.18 bits per heavy atom. The van der Waals surface area contributed by atoms with Crippen molar-refractivity contribution in [2.45, 2.75) is 63.4 Å². The lowest BCUT2D eigenvalue weighted by Gasteiger charge is -2.34. The number of nitrogens with two attached hydrogens (primary N) is 2. The standard InChI is InChI=1S/C38H34F6N8O2S/c1-3-52-23(12-19-8-10-48-25(46)13-19)18(2)54-32-28-31(49-36(50-35(28)52)53-17-37-9-5-11-51(37)16-20(14-37)33(40)41)30(39)27(29(32)38(42,43)44)21-6-4-7-24-26(21)22(15-45)34(47)55-24/h4,6-8,10,13,18,23H,3,5,9,11-12,14,16-17,47H2,1-2H3,(H2,46,48)/t18?,23?,37-/m0/s1.